The van der Waals surface area contributed by atoms with Crippen LogP contribution in [0.15, 0.2) is 57.2 Å². The second-order valence-electron chi connectivity index (χ2n) is 7.49. The van der Waals surface area contributed by atoms with Gasteiger partial charge in [-0.05, 0) is 50.3 Å². The van der Waals surface area contributed by atoms with Crippen LogP contribution in [0.25, 0.3) is 0 Å². The number of rotatable bonds is 7. The van der Waals surface area contributed by atoms with E-state index in [4.69, 9.17) is 5.73 Å². The van der Waals surface area contributed by atoms with Crippen LogP contribution in [0.1, 0.15) is 6.42 Å². The van der Waals surface area contributed by atoms with Gasteiger partial charge >= 0.3 is 0 Å². The highest BCUT2D eigenvalue weighted by Crippen LogP contribution is 2.48. The molecule has 150 valence electrons. The first kappa shape index (κ1) is 20.1. The van der Waals surface area contributed by atoms with Gasteiger partial charge in [0.25, 0.3) is 0 Å². The van der Waals surface area contributed by atoms with Gasteiger partial charge in [0, 0.05) is 59.7 Å². The Balaban J connectivity index is 1.50. The standard InChI is InChI=1S/C22H30N4S2/c1-24-12-14-25(15-13-24)10-4-11-26-19-5-2-3-6-21(19)28-22-8-7-18(17-20(22)26)27-16-9-23/h2-3,5-8,17H,4,9-16,23H2,1H3. The normalized spacial score (nSPS) is 17.4. The van der Waals surface area contributed by atoms with E-state index in [0.29, 0.717) is 6.54 Å². The molecule has 28 heavy (non-hydrogen) atoms. The number of nitrogens with two attached hydrogens (primary N) is 1. The van der Waals surface area contributed by atoms with Crippen molar-refractivity contribution >= 4 is 34.9 Å². The zero-order chi connectivity index (χ0) is 19.3. The molecule has 0 unspecified atom stereocenters. The molecule has 0 atom stereocenters. The lowest BCUT2D eigenvalue weighted by Crippen LogP contribution is -2.45. The van der Waals surface area contributed by atoms with E-state index < -0.39 is 0 Å². The molecule has 2 aromatic carbocycles. The zero-order valence-electron chi connectivity index (χ0n) is 16.6. The number of hydrogen-bond acceptors (Lipinski definition) is 6. The number of benzene rings is 2. The van der Waals surface area contributed by atoms with Crippen LogP contribution in [0, 0.1) is 0 Å². The van der Waals surface area contributed by atoms with Crippen LogP contribution >= 0.6 is 23.5 Å². The van der Waals surface area contributed by atoms with Crippen molar-refractivity contribution in [3.8, 4) is 0 Å². The van der Waals surface area contributed by atoms with Gasteiger partial charge in [-0.1, -0.05) is 23.9 Å². The maximum atomic E-state index is 5.71. The van der Waals surface area contributed by atoms with Crippen molar-refractivity contribution in [1.82, 2.24) is 9.80 Å². The van der Waals surface area contributed by atoms with Crippen LogP contribution in [0.3, 0.4) is 0 Å². The Morgan fingerprint density at radius 2 is 1.75 bits per heavy atom. The molecule has 2 aliphatic rings. The summed E-state index contributed by atoms with van der Waals surface area (Å²) in [5.74, 6) is 0.964. The molecule has 0 saturated carbocycles. The summed E-state index contributed by atoms with van der Waals surface area (Å²) >= 11 is 3.74. The van der Waals surface area contributed by atoms with Crippen molar-refractivity contribution in [2.75, 3.05) is 63.5 Å². The molecule has 0 amide bonds. The first-order valence-electron chi connectivity index (χ1n) is 10.2. The number of likely N-dealkylation sites (N-methyl/N-ethyl adjacent to an activating group) is 1. The summed E-state index contributed by atoms with van der Waals surface area (Å²) in [7, 11) is 2.22. The quantitative estimate of drug-likeness (QED) is 0.691. The number of anilines is 2. The van der Waals surface area contributed by atoms with Crippen LogP contribution in [-0.2, 0) is 0 Å². The molecule has 2 aromatic rings. The Kier molecular flexibility index (Phi) is 6.86. The SMILES string of the molecule is CN1CCN(CCCN2c3ccccc3Sc3ccc(SCCN)cc32)CC1. The third kappa shape index (κ3) is 4.69. The highest BCUT2D eigenvalue weighted by molar-refractivity contribution is 8.00. The van der Waals surface area contributed by atoms with Crippen molar-refractivity contribution in [1.29, 1.82) is 0 Å². The molecule has 0 bridgehead atoms. The van der Waals surface area contributed by atoms with Gasteiger partial charge in [-0.2, -0.15) is 0 Å². The molecule has 0 aliphatic carbocycles. The zero-order valence-corrected chi connectivity index (χ0v) is 18.3. The van der Waals surface area contributed by atoms with Crippen LogP contribution < -0.4 is 10.6 Å². The minimum atomic E-state index is 0.716. The van der Waals surface area contributed by atoms with E-state index in [9.17, 15) is 0 Å². The highest BCUT2D eigenvalue weighted by Gasteiger charge is 2.23. The molecule has 1 saturated heterocycles. The third-order valence-electron chi connectivity index (χ3n) is 5.44. The number of thioether (sulfide) groups is 1. The lowest BCUT2D eigenvalue weighted by atomic mass is 10.2. The summed E-state index contributed by atoms with van der Waals surface area (Å²) < 4.78 is 0. The van der Waals surface area contributed by atoms with Crippen molar-refractivity contribution in [3.63, 3.8) is 0 Å². The number of piperazine rings is 1. The van der Waals surface area contributed by atoms with Crippen molar-refractivity contribution in [2.24, 2.45) is 5.73 Å². The topological polar surface area (TPSA) is 35.7 Å². The summed E-state index contributed by atoms with van der Waals surface area (Å²) in [5.41, 5.74) is 8.40. The van der Waals surface area contributed by atoms with Gasteiger partial charge in [0.2, 0.25) is 0 Å². The molecule has 0 radical (unpaired) electrons. The number of hydrogen-bond donors (Lipinski definition) is 1. The molecule has 6 heteroatoms. The van der Waals surface area contributed by atoms with Crippen LogP contribution in [0.5, 0.6) is 0 Å². The molecule has 4 rings (SSSR count). The van der Waals surface area contributed by atoms with Gasteiger partial charge in [-0.15, -0.1) is 11.8 Å². The van der Waals surface area contributed by atoms with Crippen LogP contribution in [-0.4, -0.2) is 68.4 Å². The largest absolute Gasteiger partial charge is 0.340 e. The van der Waals surface area contributed by atoms with Gasteiger partial charge in [0.1, 0.15) is 0 Å². The number of fused-ring (bicyclic) bond motifs is 2. The van der Waals surface area contributed by atoms with Crippen LogP contribution in [0.4, 0.5) is 11.4 Å². The molecular formula is C22H30N4S2. The van der Waals surface area contributed by atoms with E-state index in [1.807, 2.05) is 23.5 Å². The maximum absolute atomic E-state index is 5.71. The Bertz CT molecular complexity index is 790. The van der Waals surface area contributed by atoms with E-state index in [1.165, 1.54) is 65.2 Å². The lowest BCUT2D eigenvalue weighted by Gasteiger charge is -2.35. The lowest BCUT2D eigenvalue weighted by molar-refractivity contribution is 0.153. The molecule has 2 aliphatic heterocycles. The fourth-order valence-corrected chi connectivity index (χ4v) is 5.63. The average molecular weight is 415 g/mol. The van der Waals surface area contributed by atoms with E-state index in [1.54, 1.807) is 0 Å². The Labute approximate surface area is 177 Å². The van der Waals surface area contributed by atoms with Gasteiger partial charge in [-0.3, -0.25) is 0 Å². The first-order chi connectivity index (χ1) is 13.7. The van der Waals surface area contributed by atoms with E-state index in [0.717, 1.165) is 12.3 Å². The highest BCUT2D eigenvalue weighted by atomic mass is 32.2. The second kappa shape index (κ2) is 9.55. The van der Waals surface area contributed by atoms with Gasteiger partial charge < -0.3 is 20.4 Å². The Hall–Kier alpha value is -1.18. The molecule has 0 aromatic heterocycles. The maximum Gasteiger partial charge on any atom is 0.0564 e. The smallest absolute Gasteiger partial charge is 0.0564 e. The summed E-state index contributed by atoms with van der Waals surface area (Å²) in [5, 5.41) is 0. The molecule has 2 N–H and O–H groups in total. The number of para-hydroxylation sites is 1. The fraction of sp³-hybridized carbons (Fsp3) is 0.455. The predicted octanol–water partition coefficient (Wildman–Crippen LogP) is 3.98. The van der Waals surface area contributed by atoms with Crippen LogP contribution in [0.2, 0.25) is 0 Å². The summed E-state index contributed by atoms with van der Waals surface area (Å²) in [6.45, 7) is 7.72. The van der Waals surface area contributed by atoms with E-state index in [2.05, 4.69) is 64.2 Å². The predicted molar refractivity (Wildman–Crippen MR) is 122 cm³/mol. The molecule has 0 spiro atoms. The van der Waals surface area contributed by atoms with Crippen molar-refractivity contribution < 1.29 is 0 Å². The number of nitrogens with zero attached hydrogens (tertiary/aromatic N) is 3. The summed E-state index contributed by atoms with van der Waals surface area (Å²) in [6.07, 6.45) is 1.18. The van der Waals surface area contributed by atoms with Gasteiger partial charge in [0.05, 0.1) is 11.4 Å². The summed E-state index contributed by atoms with van der Waals surface area (Å²) in [4.78, 5) is 11.6. The molecule has 2 heterocycles. The molecule has 1 fully saturated rings. The summed E-state index contributed by atoms with van der Waals surface area (Å²) in [6, 6.07) is 15.7. The molecule has 4 nitrogen and oxygen atoms in total. The Morgan fingerprint density at radius 3 is 2.57 bits per heavy atom. The van der Waals surface area contributed by atoms with Crippen molar-refractivity contribution in [3.05, 3.63) is 42.5 Å². The van der Waals surface area contributed by atoms with E-state index in [-0.39, 0.29) is 0 Å². The monoisotopic (exact) mass is 414 g/mol. The minimum Gasteiger partial charge on any atom is -0.340 e. The average Bonchev–Trinajstić information content (AvgIpc) is 2.73. The fourth-order valence-electron chi connectivity index (χ4n) is 3.84. The molecular weight excluding hydrogens is 384 g/mol. The van der Waals surface area contributed by atoms with Crippen molar-refractivity contribution in [2.45, 2.75) is 21.1 Å². The third-order valence-corrected chi connectivity index (χ3v) is 7.59. The second-order valence-corrected chi connectivity index (χ2v) is 9.74. The van der Waals surface area contributed by atoms with Gasteiger partial charge in [-0.25, -0.2) is 0 Å². The first-order valence-corrected chi connectivity index (χ1v) is 12.0. The van der Waals surface area contributed by atoms with Gasteiger partial charge in [0.15, 0.2) is 0 Å². The minimum absolute atomic E-state index is 0.716. The Morgan fingerprint density at radius 1 is 0.964 bits per heavy atom. The van der Waals surface area contributed by atoms with E-state index >= 15 is 0 Å².